The molecule has 31 heavy (non-hydrogen) atoms. The molecule has 1 saturated heterocycles. The summed E-state index contributed by atoms with van der Waals surface area (Å²) >= 11 is 1.45. The molecule has 4 rings (SSSR count). The van der Waals surface area contributed by atoms with E-state index in [4.69, 9.17) is 4.74 Å². The zero-order chi connectivity index (χ0) is 22.0. The van der Waals surface area contributed by atoms with Gasteiger partial charge in [0.15, 0.2) is 0 Å². The van der Waals surface area contributed by atoms with Gasteiger partial charge in [-0.3, -0.25) is 9.69 Å². The van der Waals surface area contributed by atoms with Crippen molar-refractivity contribution in [1.82, 2.24) is 9.21 Å². The maximum Gasteiger partial charge on any atom is 0.341 e. The average molecular weight is 464 g/mol. The van der Waals surface area contributed by atoms with E-state index in [9.17, 15) is 18.0 Å². The van der Waals surface area contributed by atoms with Crippen LogP contribution in [0, 0.1) is 0 Å². The third kappa shape index (κ3) is 4.52. The van der Waals surface area contributed by atoms with Crippen molar-refractivity contribution in [3.63, 3.8) is 0 Å². The van der Waals surface area contributed by atoms with Crippen LogP contribution in [0.25, 0.3) is 0 Å². The number of fused-ring (bicyclic) bond motifs is 1. The summed E-state index contributed by atoms with van der Waals surface area (Å²) < 4.78 is 31.9. The lowest BCUT2D eigenvalue weighted by molar-refractivity contribution is -0.117. The lowest BCUT2D eigenvalue weighted by Gasteiger charge is -2.33. The van der Waals surface area contributed by atoms with E-state index >= 15 is 0 Å². The van der Waals surface area contributed by atoms with Gasteiger partial charge in [-0.2, -0.15) is 4.31 Å². The average Bonchev–Trinajstić information content (AvgIpc) is 3.35. The molecule has 1 aliphatic carbocycles. The van der Waals surface area contributed by atoms with E-state index in [1.807, 2.05) is 4.90 Å². The Morgan fingerprint density at radius 3 is 2.48 bits per heavy atom. The van der Waals surface area contributed by atoms with Crippen LogP contribution in [0.3, 0.4) is 0 Å². The fourth-order valence-electron chi connectivity index (χ4n) is 4.05. The maximum atomic E-state index is 12.7. The van der Waals surface area contributed by atoms with Crippen molar-refractivity contribution in [2.24, 2.45) is 0 Å². The fraction of sp³-hybridized carbons (Fsp3) is 0.429. The molecular formula is C21H25N3O5S2. The zero-order valence-corrected chi connectivity index (χ0v) is 18.9. The van der Waals surface area contributed by atoms with Gasteiger partial charge in [0, 0.05) is 31.1 Å². The van der Waals surface area contributed by atoms with Crippen LogP contribution < -0.4 is 5.32 Å². The number of piperazine rings is 1. The van der Waals surface area contributed by atoms with Crippen LogP contribution in [-0.4, -0.2) is 69.3 Å². The fourth-order valence-corrected chi connectivity index (χ4v) is 6.79. The van der Waals surface area contributed by atoms with Crippen LogP contribution in [0.1, 0.15) is 27.2 Å². The minimum atomic E-state index is -3.52. The number of benzene rings is 1. The summed E-state index contributed by atoms with van der Waals surface area (Å²) in [6.45, 7) is 1.72. The molecule has 1 aromatic carbocycles. The molecule has 2 aromatic rings. The number of thiophene rings is 1. The lowest BCUT2D eigenvalue weighted by atomic mass is 10.1. The molecule has 1 aliphatic heterocycles. The first kappa shape index (κ1) is 21.9. The van der Waals surface area contributed by atoms with E-state index in [0.29, 0.717) is 36.7 Å². The third-order valence-electron chi connectivity index (χ3n) is 5.64. The monoisotopic (exact) mass is 463 g/mol. The predicted molar refractivity (Wildman–Crippen MR) is 118 cm³/mol. The van der Waals surface area contributed by atoms with Gasteiger partial charge in [-0.15, -0.1) is 11.3 Å². The Labute approximate surface area is 185 Å². The smallest absolute Gasteiger partial charge is 0.341 e. The van der Waals surface area contributed by atoms with Crippen LogP contribution in [0.2, 0.25) is 0 Å². The summed E-state index contributed by atoms with van der Waals surface area (Å²) in [4.78, 5) is 28.2. The molecule has 2 aliphatic rings. The molecule has 1 aromatic heterocycles. The standard InChI is InChI=1S/C21H25N3O5S2/c1-29-21(26)19-16-8-5-9-17(16)30-20(19)22-18(25)14-23-10-12-24(13-11-23)31(27,28)15-6-3-2-4-7-15/h2-4,6-7H,5,8-14H2,1H3,(H,22,25). The number of esters is 1. The van der Waals surface area contributed by atoms with Crippen LogP contribution in [0.15, 0.2) is 35.2 Å². The first-order chi connectivity index (χ1) is 14.9. The van der Waals surface area contributed by atoms with Gasteiger partial charge in [-0.1, -0.05) is 18.2 Å². The molecule has 166 valence electrons. The normalized spacial score (nSPS) is 17.3. The number of ether oxygens (including phenoxy) is 1. The molecule has 0 bridgehead atoms. The van der Waals surface area contributed by atoms with Crippen molar-refractivity contribution in [2.75, 3.05) is 45.2 Å². The topological polar surface area (TPSA) is 96.0 Å². The quantitative estimate of drug-likeness (QED) is 0.658. The Hall–Kier alpha value is -2.27. The summed E-state index contributed by atoms with van der Waals surface area (Å²) in [5, 5.41) is 3.42. The molecule has 1 N–H and O–H groups in total. The maximum absolute atomic E-state index is 12.7. The summed E-state index contributed by atoms with van der Waals surface area (Å²) in [5.74, 6) is -0.640. The Bertz CT molecular complexity index is 1070. The highest BCUT2D eigenvalue weighted by Crippen LogP contribution is 2.39. The van der Waals surface area contributed by atoms with E-state index in [1.165, 1.54) is 22.8 Å². The Morgan fingerprint density at radius 2 is 1.81 bits per heavy atom. The van der Waals surface area contributed by atoms with Crippen molar-refractivity contribution < 1.29 is 22.7 Å². The van der Waals surface area contributed by atoms with E-state index in [1.54, 1.807) is 30.3 Å². The molecular weight excluding hydrogens is 438 g/mol. The van der Waals surface area contributed by atoms with Gasteiger partial charge in [0.1, 0.15) is 5.00 Å². The number of rotatable bonds is 6. The van der Waals surface area contributed by atoms with Gasteiger partial charge in [-0.25, -0.2) is 13.2 Å². The predicted octanol–water partition coefficient (Wildman–Crippen LogP) is 1.97. The largest absolute Gasteiger partial charge is 0.465 e. The second-order valence-corrected chi connectivity index (χ2v) is 10.6. The number of hydrogen-bond donors (Lipinski definition) is 1. The van der Waals surface area contributed by atoms with Gasteiger partial charge in [0.05, 0.1) is 24.1 Å². The molecule has 0 spiro atoms. The Balaban J connectivity index is 1.36. The van der Waals surface area contributed by atoms with Gasteiger partial charge in [0.2, 0.25) is 15.9 Å². The summed E-state index contributed by atoms with van der Waals surface area (Å²) in [6, 6.07) is 8.37. The molecule has 0 unspecified atom stereocenters. The number of sulfonamides is 1. The molecule has 8 nitrogen and oxygen atoms in total. The van der Waals surface area contributed by atoms with E-state index in [-0.39, 0.29) is 17.3 Å². The number of aryl methyl sites for hydroxylation is 1. The van der Waals surface area contributed by atoms with E-state index in [0.717, 1.165) is 29.7 Å². The van der Waals surface area contributed by atoms with Gasteiger partial charge in [-0.05, 0) is 37.0 Å². The van der Waals surface area contributed by atoms with E-state index in [2.05, 4.69) is 5.32 Å². The molecule has 0 atom stereocenters. The molecule has 2 heterocycles. The minimum Gasteiger partial charge on any atom is -0.465 e. The third-order valence-corrected chi connectivity index (χ3v) is 8.76. The summed E-state index contributed by atoms with van der Waals surface area (Å²) in [7, 11) is -2.18. The highest BCUT2D eigenvalue weighted by molar-refractivity contribution is 7.89. The summed E-state index contributed by atoms with van der Waals surface area (Å²) in [5.41, 5.74) is 1.47. The lowest BCUT2D eigenvalue weighted by Crippen LogP contribution is -2.50. The summed E-state index contributed by atoms with van der Waals surface area (Å²) in [6.07, 6.45) is 2.75. The number of hydrogen-bond acceptors (Lipinski definition) is 7. The van der Waals surface area contributed by atoms with Crippen molar-refractivity contribution >= 4 is 38.2 Å². The number of carbonyl (C=O) groups excluding carboxylic acids is 2. The molecule has 1 fully saturated rings. The number of amides is 1. The molecule has 1 amide bonds. The second-order valence-electron chi connectivity index (χ2n) is 7.59. The number of nitrogens with one attached hydrogen (secondary N) is 1. The second kappa shape index (κ2) is 9.07. The van der Waals surface area contributed by atoms with Crippen molar-refractivity contribution in [3.05, 3.63) is 46.3 Å². The molecule has 0 saturated carbocycles. The van der Waals surface area contributed by atoms with Crippen molar-refractivity contribution in [3.8, 4) is 0 Å². The van der Waals surface area contributed by atoms with E-state index < -0.39 is 16.0 Å². The number of anilines is 1. The molecule has 0 radical (unpaired) electrons. The van der Waals surface area contributed by atoms with Crippen LogP contribution in [0.4, 0.5) is 5.00 Å². The van der Waals surface area contributed by atoms with Gasteiger partial charge < -0.3 is 10.1 Å². The highest BCUT2D eigenvalue weighted by atomic mass is 32.2. The first-order valence-electron chi connectivity index (χ1n) is 10.2. The van der Waals surface area contributed by atoms with Crippen molar-refractivity contribution in [2.45, 2.75) is 24.2 Å². The number of methoxy groups -OCH3 is 1. The first-order valence-corrected chi connectivity index (χ1v) is 12.5. The van der Waals surface area contributed by atoms with Gasteiger partial charge >= 0.3 is 5.97 Å². The minimum absolute atomic E-state index is 0.141. The van der Waals surface area contributed by atoms with Crippen LogP contribution in [-0.2, 0) is 32.4 Å². The zero-order valence-electron chi connectivity index (χ0n) is 17.3. The SMILES string of the molecule is COC(=O)c1c(NC(=O)CN2CCN(S(=O)(=O)c3ccccc3)CC2)sc2c1CCC2. The van der Waals surface area contributed by atoms with Crippen LogP contribution >= 0.6 is 11.3 Å². The van der Waals surface area contributed by atoms with Crippen LogP contribution in [0.5, 0.6) is 0 Å². The number of carbonyl (C=O) groups is 2. The van der Waals surface area contributed by atoms with Gasteiger partial charge in [0.25, 0.3) is 0 Å². The number of nitrogens with zero attached hydrogens (tertiary/aromatic N) is 2. The highest BCUT2D eigenvalue weighted by Gasteiger charge is 2.30. The van der Waals surface area contributed by atoms with Crippen molar-refractivity contribution in [1.29, 1.82) is 0 Å². The molecule has 10 heteroatoms. The Morgan fingerprint density at radius 1 is 1.10 bits per heavy atom. The Kier molecular flexibility index (Phi) is 6.42.